The van der Waals surface area contributed by atoms with Gasteiger partial charge in [0, 0.05) is 17.0 Å². The number of nitrogens with one attached hydrogen (secondary N) is 1. The number of hydrogen-bond acceptors (Lipinski definition) is 2. The Kier molecular flexibility index (Phi) is 7.12. The first-order valence-electron chi connectivity index (χ1n) is 8.69. The van der Waals surface area contributed by atoms with Crippen molar-refractivity contribution in [2.24, 2.45) is 0 Å². The van der Waals surface area contributed by atoms with E-state index >= 15 is 0 Å². The Hall–Kier alpha value is -0.470. The minimum Gasteiger partial charge on any atom is -0.309 e. The molecule has 21 heavy (non-hydrogen) atoms. The molecule has 0 amide bonds. The second-order valence-electron chi connectivity index (χ2n) is 6.36. The average Bonchev–Trinajstić information content (AvgIpc) is 2.45. The van der Waals surface area contributed by atoms with Crippen LogP contribution in [0.4, 0.5) is 0 Å². The predicted molar refractivity (Wildman–Crippen MR) is 96.3 cm³/mol. The third-order valence-electron chi connectivity index (χ3n) is 4.65. The Morgan fingerprint density at radius 1 is 1.29 bits per heavy atom. The summed E-state index contributed by atoms with van der Waals surface area (Å²) < 4.78 is 0. The van der Waals surface area contributed by atoms with E-state index in [2.05, 4.69) is 62.1 Å². The van der Waals surface area contributed by atoms with Gasteiger partial charge in [0.25, 0.3) is 0 Å². The first-order chi connectivity index (χ1) is 10.2. The summed E-state index contributed by atoms with van der Waals surface area (Å²) in [6, 6.07) is 9.87. The topological polar surface area (TPSA) is 12.0 Å². The lowest BCUT2D eigenvalue weighted by molar-refractivity contribution is 0.419. The number of hydrogen-bond donors (Lipinski definition) is 1. The molecular weight excluding hydrogens is 274 g/mol. The molecule has 2 heteroatoms. The van der Waals surface area contributed by atoms with Gasteiger partial charge >= 0.3 is 0 Å². The van der Waals surface area contributed by atoms with E-state index in [0.717, 1.165) is 17.7 Å². The van der Waals surface area contributed by atoms with E-state index in [1.807, 2.05) is 0 Å². The van der Waals surface area contributed by atoms with Crippen LogP contribution in [0, 0.1) is 0 Å². The van der Waals surface area contributed by atoms with Crippen molar-refractivity contribution in [3.63, 3.8) is 0 Å². The molecule has 1 aliphatic rings. The highest BCUT2D eigenvalue weighted by molar-refractivity contribution is 7.99. The van der Waals surface area contributed by atoms with Gasteiger partial charge in [0.1, 0.15) is 0 Å². The molecule has 1 fully saturated rings. The molecule has 2 unspecified atom stereocenters. The summed E-state index contributed by atoms with van der Waals surface area (Å²) in [6.45, 7) is 7.98. The Morgan fingerprint density at radius 3 is 2.71 bits per heavy atom. The Bertz CT molecular complexity index is 414. The Morgan fingerprint density at radius 2 is 2.10 bits per heavy atom. The largest absolute Gasteiger partial charge is 0.309 e. The van der Waals surface area contributed by atoms with Crippen LogP contribution in [0.2, 0.25) is 0 Å². The maximum Gasteiger partial charge on any atom is 0.0412 e. The standard InChI is InChI=1S/C19H31NS/c1-4-12-20-19(14-21-15(3)5-2)18-11-7-10-17(13-18)16-8-6-9-16/h7,10-11,13,15-16,19-20H,4-6,8-9,12,14H2,1-3H3. The highest BCUT2D eigenvalue weighted by Gasteiger charge is 2.20. The van der Waals surface area contributed by atoms with Crippen molar-refractivity contribution in [2.75, 3.05) is 12.3 Å². The van der Waals surface area contributed by atoms with Crippen molar-refractivity contribution < 1.29 is 0 Å². The summed E-state index contributed by atoms with van der Waals surface area (Å²) in [4.78, 5) is 0. The molecule has 1 N–H and O–H groups in total. The van der Waals surface area contributed by atoms with Gasteiger partial charge in [-0.15, -0.1) is 0 Å². The zero-order chi connectivity index (χ0) is 15.1. The van der Waals surface area contributed by atoms with Gasteiger partial charge in [0.05, 0.1) is 0 Å². The Balaban J connectivity index is 2.03. The summed E-state index contributed by atoms with van der Waals surface area (Å²) in [6.07, 6.45) is 6.65. The second kappa shape index (κ2) is 8.85. The van der Waals surface area contributed by atoms with E-state index in [1.165, 1.54) is 43.4 Å². The van der Waals surface area contributed by atoms with Gasteiger partial charge in [-0.1, -0.05) is 51.5 Å². The first kappa shape index (κ1) is 16.9. The number of thioether (sulfide) groups is 1. The third kappa shape index (κ3) is 5.03. The van der Waals surface area contributed by atoms with Gasteiger partial charge in [0.2, 0.25) is 0 Å². The average molecular weight is 306 g/mol. The molecule has 1 saturated carbocycles. The van der Waals surface area contributed by atoms with E-state index < -0.39 is 0 Å². The van der Waals surface area contributed by atoms with Crippen molar-refractivity contribution in [3.8, 4) is 0 Å². The lowest BCUT2D eigenvalue weighted by Gasteiger charge is -2.27. The summed E-state index contributed by atoms with van der Waals surface area (Å²) in [5.74, 6) is 2.02. The van der Waals surface area contributed by atoms with Gasteiger partial charge in [-0.2, -0.15) is 11.8 Å². The van der Waals surface area contributed by atoms with Gasteiger partial charge in [-0.3, -0.25) is 0 Å². The molecular formula is C19H31NS. The van der Waals surface area contributed by atoms with Crippen LogP contribution in [-0.4, -0.2) is 17.5 Å². The van der Waals surface area contributed by atoms with Crippen LogP contribution in [0.3, 0.4) is 0 Å². The number of rotatable bonds is 9. The molecule has 2 atom stereocenters. The predicted octanol–water partition coefficient (Wildman–Crippen LogP) is 5.53. The lowest BCUT2D eigenvalue weighted by Crippen LogP contribution is -2.25. The van der Waals surface area contributed by atoms with E-state index in [-0.39, 0.29) is 0 Å². The summed E-state index contributed by atoms with van der Waals surface area (Å²) in [5, 5.41) is 4.50. The van der Waals surface area contributed by atoms with Gasteiger partial charge in [-0.05, 0) is 49.3 Å². The molecule has 0 heterocycles. The molecule has 118 valence electrons. The zero-order valence-corrected chi connectivity index (χ0v) is 14.7. The van der Waals surface area contributed by atoms with Crippen molar-refractivity contribution in [1.82, 2.24) is 5.32 Å². The highest BCUT2D eigenvalue weighted by Crippen LogP contribution is 2.37. The van der Waals surface area contributed by atoms with Crippen molar-refractivity contribution in [1.29, 1.82) is 0 Å². The molecule has 0 saturated heterocycles. The van der Waals surface area contributed by atoms with Crippen LogP contribution in [-0.2, 0) is 0 Å². The fraction of sp³-hybridized carbons (Fsp3) is 0.684. The molecule has 1 nitrogen and oxygen atoms in total. The lowest BCUT2D eigenvalue weighted by atomic mass is 9.79. The molecule has 1 aromatic carbocycles. The fourth-order valence-corrected chi connectivity index (χ4v) is 3.81. The van der Waals surface area contributed by atoms with Crippen LogP contribution < -0.4 is 5.32 Å². The summed E-state index contributed by atoms with van der Waals surface area (Å²) in [7, 11) is 0. The quantitative estimate of drug-likeness (QED) is 0.644. The smallest absolute Gasteiger partial charge is 0.0412 e. The zero-order valence-electron chi connectivity index (χ0n) is 13.9. The van der Waals surface area contributed by atoms with Crippen molar-refractivity contribution in [2.45, 2.75) is 70.1 Å². The number of benzene rings is 1. The van der Waals surface area contributed by atoms with Crippen LogP contribution in [0.15, 0.2) is 24.3 Å². The van der Waals surface area contributed by atoms with Crippen LogP contribution in [0.1, 0.15) is 76.0 Å². The molecule has 0 aliphatic heterocycles. The van der Waals surface area contributed by atoms with Gasteiger partial charge in [0.15, 0.2) is 0 Å². The summed E-state index contributed by atoms with van der Waals surface area (Å²) >= 11 is 2.10. The van der Waals surface area contributed by atoms with Crippen molar-refractivity contribution in [3.05, 3.63) is 35.4 Å². The molecule has 0 aromatic heterocycles. The molecule has 0 radical (unpaired) electrons. The van der Waals surface area contributed by atoms with E-state index in [1.54, 1.807) is 5.56 Å². The first-order valence-corrected chi connectivity index (χ1v) is 9.74. The van der Waals surface area contributed by atoms with Gasteiger partial charge < -0.3 is 5.32 Å². The van der Waals surface area contributed by atoms with Crippen LogP contribution >= 0.6 is 11.8 Å². The second-order valence-corrected chi connectivity index (χ2v) is 7.83. The normalized spacial score (nSPS) is 18.2. The summed E-state index contributed by atoms with van der Waals surface area (Å²) in [5.41, 5.74) is 3.05. The molecule has 1 aromatic rings. The van der Waals surface area contributed by atoms with E-state index in [9.17, 15) is 0 Å². The monoisotopic (exact) mass is 305 g/mol. The fourth-order valence-electron chi connectivity index (χ4n) is 2.74. The molecule has 2 rings (SSSR count). The molecule has 1 aliphatic carbocycles. The third-order valence-corrected chi connectivity index (χ3v) is 6.08. The minimum absolute atomic E-state index is 0.504. The SMILES string of the molecule is CCCNC(CSC(C)CC)c1cccc(C2CCC2)c1. The molecule has 0 spiro atoms. The van der Waals surface area contributed by atoms with Crippen LogP contribution in [0.25, 0.3) is 0 Å². The maximum atomic E-state index is 3.75. The van der Waals surface area contributed by atoms with Crippen molar-refractivity contribution >= 4 is 11.8 Å². The highest BCUT2D eigenvalue weighted by atomic mass is 32.2. The maximum absolute atomic E-state index is 3.75. The van der Waals surface area contributed by atoms with E-state index in [0.29, 0.717) is 6.04 Å². The van der Waals surface area contributed by atoms with Crippen LogP contribution in [0.5, 0.6) is 0 Å². The molecule has 0 bridgehead atoms. The van der Waals surface area contributed by atoms with E-state index in [4.69, 9.17) is 0 Å². The Labute approximate surface area is 135 Å². The van der Waals surface area contributed by atoms with Gasteiger partial charge in [-0.25, -0.2) is 0 Å². The minimum atomic E-state index is 0.504.